The lowest BCUT2D eigenvalue weighted by molar-refractivity contribution is 0.0679. The smallest absolute Gasteiger partial charge is 0.255 e. The molecule has 6 heteroatoms. The van der Waals surface area contributed by atoms with Gasteiger partial charge in [0.1, 0.15) is 12.4 Å². The molecule has 1 atom stereocenters. The molecule has 2 amide bonds. The predicted molar refractivity (Wildman–Crippen MR) is 93.8 cm³/mol. The van der Waals surface area contributed by atoms with Crippen molar-refractivity contribution in [3.63, 3.8) is 0 Å². The number of nitrogens with one attached hydrogen (secondary N) is 1. The molecule has 6 nitrogen and oxygen atoms in total. The average molecular weight is 340 g/mol. The van der Waals surface area contributed by atoms with Crippen LogP contribution in [0.4, 0.5) is 5.69 Å². The Morgan fingerprint density at radius 3 is 2.60 bits per heavy atom. The molecule has 2 aromatic carbocycles. The highest BCUT2D eigenvalue weighted by molar-refractivity contribution is 6.05. The Morgan fingerprint density at radius 1 is 1.16 bits per heavy atom. The summed E-state index contributed by atoms with van der Waals surface area (Å²) in [7, 11) is 0. The van der Waals surface area contributed by atoms with Gasteiger partial charge in [-0.25, -0.2) is 0 Å². The second-order valence-corrected chi connectivity index (χ2v) is 5.87. The topological polar surface area (TPSA) is 90.7 Å². The van der Waals surface area contributed by atoms with Crippen LogP contribution in [0.5, 0.6) is 5.75 Å². The molecular formula is C19H20N2O4. The number of nitrogens with two attached hydrogens (primary N) is 1. The third kappa shape index (κ3) is 4.58. The second-order valence-electron chi connectivity index (χ2n) is 5.87. The van der Waals surface area contributed by atoms with E-state index >= 15 is 0 Å². The number of anilines is 1. The molecule has 25 heavy (non-hydrogen) atoms. The van der Waals surface area contributed by atoms with E-state index in [1.807, 2.05) is 12.1 Å². The Bertz CT molecular complexity index is 752. The quantitative estimate of drug-likeness (QED) is 0.846. The first-order valence-electron chi connectivity index (χ1n) is 8.17. The Hall–Kier alpha value is -2.86. The fourth-order valence-corrected chi connectivity index (χ4v) is 2.62. The highest BCUT2D eigenvalue weighted by Crippen LogP contribution is 2.20. The Morgan fingerprint density at radius 2 is 1.92 bits per heavy atom. The number of hydrogen-bond donors (Lipinski definition) is 2. The minimum atomic E-state index is -0.525. The van der Waals surface area contributed by atoms with Gasteiger partial charge >= 0.3 is 0 Å². The fraction of sp³-hybridized carbons (Fsp3) is 0.263. The van der Waals surface area contributed by atoms with Crippen molar-refractivity contribution < 1.29 is 19.1 Å². The summed E-state index contributed by atoms with van der Waals surface area (Å²) in [5.74, 6) is -0.118. The van der Waals surface area contributed by atoms with Crippen LogP contribution in [-0.2, 0) is 4.74 Å². The largest absolute Gasteiger partial charge is 0.491 e. The molecule has 1 aliphatic rings. The van der Waals surface area contributed by atoms with Gasteiger partial charge in [0.05, 0.1) is 6.10 Å². The molecule has 0 aliphatic carbocycles. The summed E-state index contributed by atoms with van der Waals surface area (Å²) in [4.78, 5) is 23.4. The molecule has 0 radical (unpaired) electrons. The van der Waals surface area contributed by atoms with E-state index in [4.69, 9.17) is 15.2 Å². The molecule has 2 aromatic rings. The third-order valence-corrected chi connectivity index (χ3v) is 3.98. The zero-order chi connectivity index (χ0) is 17.6. The van der Waals surface area contributed by atoms with E-state index in [1.54, 1.807) is 24.3 Å². The number of ether oxygens (including phenoxy) is 2. The standard InChI is InChI=1S/C19H20N2O4/c20-18(22)13-6-8-14(9-7-13)19(23)21-15-3-1-4-16(11-15)25-12-17-5-2-10-24-17/h1,3-4,6-9,11,17H,2,5,10,12H2,(H2,20,22)(H,21,23). The van der Waals surface area contributed by atoms with Gasteiger partial charge in [-0.3, -0.25) is 9.59 Å². The summed E-state index contributed by atoms with van der Waals surface area (Å²) in [5.41, 5.74) is 6.63. The third-order valence-electron chi connectivity index (χ3n) is 3.98. The molecule has 0 aromatic heterocycles. The van der Waals surface area contributed by atoms with E-state index in [1.165, 1.54) is 12.1 Å². The Balaban J connectivity index is 1.60. The summed E-state index contributed by atoms with van der Waals surface area (Å²) in [5, 5.41) is 2.81. The van der Waals surface area contributed by atoms with Gasteiger partial charge in [-0.2, -0.15) is 0 Å². The van der Waals surface area contributed by atoms with Gasteiger partial charge in [0.15, 0.2) is 0 Å². The predicted octanol–water partition coefficient (Wildman–Crippen LogP) is 2.60. The number of rotatable bonds is 6. The highest BCUT2D eigenvalue weighted by atomic mass is 16.5. The number of carbonyl (C=O) groups is 2. The van der Waals surface area contributed by atoms with E-state index in [0.29, 0.717) is 29.2 Å². The van der Waals surface area contributed by atoms with Gasteiger partial charge in [-0.05, 0) is 49.2 Å². The monoisotopic (exact) mass is 340 g/mol. The number of carbonyl (C=O) groups excluding carboxylic acids is 2. The summed E-state index contributed by atoms with van der Waals surface area (Å²) >= 11 is 0. The molecule has 1 fully saturated rings. The lowest BCUT2D eigenvalue weighted by Crippen LogP contribution is -2.16. The van der Waals surface area contributed by atoms with Gasteiger partial charge in [0, 0.05) is 29.5 Å². The van der Waals surface area contributed by atoms with Crippen molar-refractivity contribution in [3.05, 3.63) is 59.7 Å². The zero-order valence-electron chi connectivity index (χ0n) is 13.7. The molecule has 1 saturated heterocycles. The van der Waals surface area contributed by atoms with Crippen LogP contribution in [0.25, 0.3) is 0 Å². The SMILES string of the molecule is NC(=O)c1ccc(C(=O)Nc2cccc(OCC3CCCO3)c2)cc1. The molecule has 130 valence electrons. The maximum atomic E-state index is 12.3. The summed E-state index contributed by atoms with van der Waals surface area (Å²) in [6.45, 7) is 1.30. The summed E-state index contributed by atoms with van der Waals surface area (Å²) < 4.78 is 11.3. The van der Waals surface area contributed by atoms with Gasteiger partial charge in [0.2, 0.25) is 5.91 Å². The fourth-order valence-electron chi connectivity index (χ4n) is 2.62. The summed E-state index contributed by atoms with van der Waals surface area (Å²) in [6.07, 6.45) is 2.22. The molecule has 1 aliphatic heterocycles. The lowest BCUT2D eigenvalue weighted by Gasteiger charge is -2.12. The van der Waals surface area contributed by atoms with Crippen LogP contribution in [0.15, 0.2) is 48.5 Å². The molecule has 0 bridgehead atoms. The minimum absolute atomic E-state index is 0.141. The van der Waals surface area contributed by atoms with Crippen molar-refractivity contribution in [3.8, 4) is 5.75 Å². The average Bonchev–Trinajstić information content (AvgIpc) is 3.14. The van der Waals surface area contributed by atoms with Gasteiger partial charge < -0.3 is 20.5 Å². The van der Waals surface area contributed by atoms with Crippen LogP contribution >= 0.6 is 0 Å². The van der Waals surface area contributed by atoms with Crippen molar-refractivity contribution in [2.45, 2.75) is 18.9 Å². The van der Waals surface area contributed by atoms with E-state index in [-0.39, 0.29) is 12.0 Å². The number of amides is 2. The maximum absolute atomic E-state index is 12.3. The highest BCUT2D eigenvalue weighted by Gasteiger charge is 2.16. The zero-order valence-corrected chi connectivity index (χ0v) is 13.7. The molecule has 3 N–H and O–H groups in total. The molecule has 3 rings (SSSR count). The molecule has 0 spiro atoms. The molecule has 1 unspecified atom stereocenters. The van der Waals surface area contributed by atoms with E-state index < -0.39 is 5.91 Å². The van der Waals surface area contributed by atoms with Crippen LogP contribution in [0.2, 0.25) is 0 Å². The summed E-state index contributed by atoms with van der Waals surface area (Å²) in [6, 6.07) is 13.4. The van der Waals surface area contributed by atoms with Gasteiger partial charge in [0.25, 0.3) is 5.91 Å². The van der Waals surface area contributed by atoms with Crippen LogP contribution < -0.4 is 15.8 Å². The first-order valence-corrected chi connectivity index (χ1v) is 8.17. The van der Waals surface area contributed by atoms with E-state index in [0.717, 1.165) is 19.4 Å². The maximum Gasteiger partial charge on any atom is 0.255 e. The Labute approximate surface area is 145 Å². The van der Waals surface area contributed by atoms with Gasteiger partial charge in [-0.15, -0.1) is 0 Å². The van der Waals surface area contributed by atoms with Crippen LogP contribution in [-0.4, -0.2) is 31.1 Å². The number of benzene rings is 2. The van der Waals surface area contributed by atoms with Crippen LogP contribution in [0.1, 0.15) is 33.6 Å². The first kappa shape index (κ1) is 17.0. The van der Waals surface area contributed by atoms with Crippen molar-refractivity contribution in [2.75, 3.05) is 18.5 Å². The van der Waals surface area contributed by atoms with Gasteiger partial charge in [-0.1, -0.05) is 6.07 Å². The normalized spacial score (nSPS) is 16.4. The second kappa shape index (κ2) is 7.81. The molecule has 1 heterocycles. The van der Waals surface area contributed by atoms with Crippen molar-refractivity contribution in [1.82, 2.24) is 0 Å². The van der Waals surface area contributed by atoms with Crippen LogP contribution in [0.3, 0.4) is 0 Å². The molecule has 0 saturated carbocycles. The van der Waals surface area contributed by atoms with E-state index in [2.05, 4.69) is 5.32 Å². The number of hydrogen-bond acceptors (Lipinski definition) is 4. The van der Waals surface area contributed by atoms with Crippen LogP contribution in [0, 0.1) is 0 Å². The van der Waals surface area contributed by atoms with Crippen molar-refractivity contribution >= 4 is 17.5 Å². The van der Waals surface area contributed by atoms with Crippen molar-refractivity contribution in [1.29, 1.82) is 0 Å². The minimum Gasteiger partial charge on any atom is -0.491 e. The lowest BCUT2D eigenvalue weighted by atomic mass is 10.1. The number of primary amides is 1. The first-order chi connectivity index (χ1) is 12.1. The van der Waals surface area contributed by atoms with Crippen molar-refractivity contribution in [2.24, 2.45) is 5.73 Å². The van der Waals surface area contributed by atoms with E-state index in [9.17, 15) is 9.59 Å². The molecular weight excluding hydrogens is 320 g/mol. The Kier molecular flexibility index (Phi) is 5.30.